The topological polar surface area (TPSA) is 84.9 Å². The summed E-state index contributed by atoms with van der Waals surface area (Å²) >= 11 is 5.97. The van der Waals surface area contributed by atoms with Crippen LogP contribution in [-0.2, 0) is 14.8 Å². The molecule has 28 heavy (non-hydrogen) atoms. The van der Waals surface area contributed by atoms with Crippen molar-refractivity contribution >= 4 is 38.9 Å². The number of nitrogens with one attached hydrogen (secondary N) is 1. The van der Waals surface area contributed by atoms with Gasteiger partial charge in [0.15, 0.2) is 6.10 Å². The fraction of sp³-hybridized carbons (Fsp3) is 0.211. The summed E-state index contributed by atoms with van der Waals surface area (Å²) in [5.41, 5.74) is 0.807. The van der Waals surface area contributed by atoms with E-state index in [-0.39, 0.29) is 12.3 Å². The van der Waals surface area contributed by atoms with E-state index in [1.54, 1.807) is 42.5 Å². The van der Waals surface area contributed by atoms with E-state index in [0.717, 1.165) is 10.6 Å². The molecule has 9 heteroatoms. The summed E-state index contributed by atoms with van der Waals surface area (Å²) in [5, 5.41) is 3.10. The predicted molar refractivity (Wildman–Crippen MR) is 109 cm³/mol. The van der Waals surface area contributed by atoms with Crippen LogP contribution in [0.3, 0.4) is 0 Å². The maximum atomic E-state index is 12.7. The lowest BCUT2D eigenvalue weighted by Gasteiger charge is -2.34. The van der Waals surface area contributed by atoms with Gasteiger partial charge in [0.1, 0.15) is 18.1 Å². The number of anilines is 2. The van der Waals surface area contributed by atoms with Gasteiger partial charge in [-0.05, 0) is 30.3 Å². The van der Waals surface area contributed by atoms with Crippen LogP contribution in [0.15, 0.2) is 55.1 Å². The molecule has 0 unspecified atom stereocenters. The average molecular weight is 423 g/mol. The van der Waals surface area contributed by atoms with E-state index >= 15 is 0 Å². The molecule has 7 nitrogen and oxygen atoms in total. The minimum Gasteiger partial charge on any atom is -0.489 e. The van der Waals surface area contributed by atoms with Gasteiger partial charge in [0.05, 0.1) is 18.5 Å². The summed E-state index contributed by atoms with van der Waals surface area (Å²) in [5.74, 6) is 0.361. The van der Waals surface area contributed by atoms with Crippen molar-refractivity contribution in [1.82, 2.24) is 0 Å². The second kappa shape index (κ2) is 8.12. The number of rotatable bonds is 6. The average Bonchev–Trinajstić information content (AvgIpc) is 2.65. The summed E-state index contributed by atoms with van der Waals surface area (Å²) < 4.78 is 36.7. The first-order chi connectivity index (χ1) is 13.3. The van der Waals surface area contributed by atoms with Crippen LogP contribution in [-0.4, -0.2) is 39.8 Å². The Morgan fingerprint density at radius 2 is 2.18 bits per heavy atom. The van der Waals surface area contributed by atoms with Gasteiger partial charge in [-0.25, -0.2) is 8.42 Å². The molecule has 0 radical (unpaired) electrons. The Balaban J connectivity index is 1.81. The Hall–Kier alpha value is -2.71. The first-order valence-electron chi connectivity index (χ1n) is 8.36. The number of sulfonamides is 1. The van der Waals surface area contributed by atoms with E-state index in [0.29, 0.717) is 28.8 Å². The van der Waals surface area contributed by atoms with Gasteiger partial charge in [-0.15, -0.1) is 0 Å². The highest BCUT2D eigenvalue weighted by Crippen LogP contribution is 2.37. The quantitative estimate of drug-likeness (QED) is 0.723. The molecule has 0 saturated heterocycles. The Morgan fingerprint density at radius 1 is 1.39 bits per heavy atom. The zero-order chi connectivity index (χ0) is 20.3. The maximum absolute atomic E-state index is 12.7. The summed E-state index contributed by atoms with van der Waals surface area (Å²) in [6, 6.07) is 11.4. The van der Waals surface area contributed by atoms with Crippen molar-refractivity contribution in [1.29, 1.82) is 0 Å². The second-order valence-electron chi connectivity index (χ2n) is 6.13. The lowest BCUT2D eigenvalue weighted by atomic mass is 10.2. The molecule has 1 aliphatic heterocycles. The molecule has 2 aromatic carbocycles. The molecule has 1 atom stereocenters. The molecule has 0 aromatic heterocycles. The molecule has 148 valence electrons. The number of hydrogen-bond donors (Lipinski definition) is 1. The maximum Gasteiger partial charge on any atom is 0.267 e. The SMILES string of the molecule is C=CCOc1cccc(NC(=O)[C@@H]2CN(S(C)(=O)=O)c3cc(Cl)ccc3O2)c1. The van der Waals surface area contributed by atoms with Crippen molar-refractivity contribution < 1.29 is 22.7 Å². The summed E-state index contributed by atoms with van der Waals surface area (Å²) in [6.45, 7) is 3.76. The molecule has 0 saturated carbocycles. The van der Waals surface area contributed by atoms with Crippen molar-refractivity contribution in [3.05, 3.63) is 60.1 Å². The largest absolute Gasteiger partial charge is 0.489 e. The highest BCUT2D eigenvalue weighted by Gasteiger charge is 2.35. The number of ether oxygens (including phenoxy) is 2. The minimum atomic E-state index is -3.63. The number of halogens is 1. The third-order valence-electron chi connectivity index (χ3n) is 3.95. The Kier molecular flexibility index (Phi) is 5.81. The molecular weight excluding hydrogens is 404 g/mol. The zero-order valence-electron chi connectivity index (χ0n) is 15.1. The van der Waals surface area contributed by atoms with E-state index in [2.05, 4.69) is 11.9 Å². The Bertz CT molecular complexity index is 1010. The van der Waals surface area contributed by atoms with Gasteiger partial charge in [-0.2, -0.15) is 0 Å². The molecule has 3 rings (SSSR count). The zero-order valence-corrected chi connectivity index (χ0v) is 16.7. The highest BCUT2D eigenvalue weighted by atomic mass is 35.5. The van der Waals surface area contributed by atoms with Crippen LogP contribution in [0.2, 0.25) is 5.02 Å². The van der Waals surface area contributed by atoms with Crippen LogP contribution in [0.5, 0.6) is 11.5 Å². The normalized spacial score (nSPS) is 15.9. The van der Waals surface area contributed by atoms with Crippen molar-refractivity contribution in [2.24, 2.45) is 0 Å². The number of fused-ring (bicyclic) bond motifs is 1. The van der Waals surface area contributed by atoms with Crippen LogP contribution in [0, 0.1) is 0 Å². The molecule has 0 spiro atoms. The van der Waals surface area contributed by atoms with Crippen molar-refractivity contribution in [3.8, 4) is 11.5 Å². The first kappa shape index (κ1) is 20.0. The molecular formula is C19H19ClN2O5S. The van der Waals surface area contributed by atoms with Gasteiger partial charge in [0.2, 0.25) is 10.0 Å². The first-order valence-corrected chi connectivity index (χ1v) is 10.6. The smallest absolute Gasteiger partial charge is 0.267 e. The molecule has 0 aliphatic carbocycles. The van der Waals surface area contributed by atoms with E-state index < -0.39 is 22.0 Å². The van der Waals surface area contributed by atoms with Crippen LogP contribution < -0.4 is 19.1 Å². The van der Waals surface area contributed by atoms with Crippen molar-refractivity contribution in [2.45, 2.75) is 6.10 Å². The van der Waals surface area contributed by atoms with E-state index in [4.69, 9.17) is 21.1 Å². The van der Waals surface area contributed by atoms with E-state index in [1.165, 1.54) is 6.07 Å². The van der Waals surface area contributed by atoms with Crippen LogP contribution >= 0.6 is 11.6 Å². The predicted octanol–water partition coefficient (Wildman–Crippen LogP) is 3.07. The molecule has 1 heterocycles. The van der Waals surface area contributed by atoms with E-state index in [9.17, 15) is 13.2 Å². The van der Waals surface area contributed by atoms with Crippen molar-refractivity contribution in [3.63, 3.8) is 0 Å². The summed E-state index contributed by atoms with van der Waals surface area (Å²) in [6.07, 6.45) is 1.66. The number of hydrogen-bond acceptors (Lipinski definition) is 5. The monoisotopic (exact) mass is 422 g/mol. The highest BCUT2D eigenvalue weighted by molar-refractivity contribution is 7.92. The molecule has 2 aromatic rings. The number of benzene rings is 2. The van der Waals surface area contributed by atoms with Crippen molar-refractivity contribution in [2.75, 3.05) is 29.0 Å². The summed E-state index contributed by atoms with van der Waals surface area (Å²) in [4.78, 5) is 12.7. The lowest BCUT2D eigenvalue weighted by molar-refractivity contribution is -0.122. The van der Waals surface area contributed by atoms with Gasteiger partial charge in [-0.1, -0.05) is 30.3 Å². The number of nitrogens with zero attached hydrogens (tertiary/aromatic N) is 1. The Labute approximate surface area is 168 Å². The van der Waals surface area contributed by atoms with Gasteiger partial charge < -0.3 is 14.8 Å². The van der Waals surface area contributed by atoms with Gasteiger partial charge in [-0.3, -0.25) is 9.10 Å². The Morgan fingerprint density at radius 3 is 2.89 bits per heavy atom. The lowest BCUT2D eigenvalue weighted by Crippen LogP contribution is -2.48. The third-order valence-corrected chi connectivity index (χ3v) is 5.33. The van der Waals surface area contributed by atoms with Crippen LogP contribution in [0.4, 0.5) is 11.4 Å². The fourth-order valence-electron chi connectivity index (χ4n) is 2.72. The molecule has 0 fully saturated rings. The third kappa shape index (κ3) is 4.58. The molecule has 0 bridgehead atoms. The number of carbonyl (C=O) groups excluding carboxylic acids is 1. The van der Waals surface area contributed by atoms with Gasteiger partial charge in [0.25, 0.3) is 5.91 Å². The molecule has 1 aliphatic rings. The van der Waals surface area contributed by atoms with E-state index in [1.807, 2.05) is 0 Å². The number of carbonyl (C=O) groups is 1. The molecule has 1 N–H and O–H groups in total. The van der Waals surface area contributed by atoms with Gasteiger partial charge >= 0.3 is 0 Å². The minimum absolute atomic E-state index is 0.162. The van der Waals surface area contributed by atoms with Gasteiger partial charge in [0, 0.05) is 16.8 Å². The van der Waals surface area contributed by atoms with Crippen LogP contribution in [0.1, 0.15) is 0 Å². The molecule has 1 amide bonds. The fourth-order valence-corrected chi connectivity index (χ4v) is 3.79. The summed E-state index contributed by atoms with van der Waals surface area (Å²) in [7, 11) is -3.63. The second-order valence-corrected chi connectivity index (χ2v) is 8.47. The van der Waals surface area contributed by atoms with Crippen LogP contribution in [0.25, 0.3) is 0 Å². The standard InChI is InChI=1S/C19H19ClN2O5S/c1-3-9-26-15-6-4-5-14(11-15)21-19(23)18-12-22(28(2,24)25)16-10-13(20)7-8-17(16)27-18/h3-8,10-11,18H,1,9,12H2,2H3,(H,21,23)/t18-/m0/s1. The number of amides is 1.